The van der Waals surface area contributed by atoms with Gasteiger partial charge >= 0.3 is 0 Å². The zero-order valence-corrected chi connectivity index (χ0v) is 12.8. The first kappa shape index (κ1) is 16.4. The van der Waals surface area contributed by atoms with E-state index < -0.39 is 0 Å². The predicted molar refractivity (Wildman–Crippen MR) is 82.0 cm³/mol. The molecule has 0 bridgehead atoms. The van der Waals surface area contributed by atoms with Gasteiger partial charge in [0.15, 0.2) is 5.96 Å². The summed E-state index contributed by atoms with van der Waals surface area (Å²) in [5, 5.41) is 3.10. The van der Waals surface area contributed by atoms with Crippen molar-refractivity contribution >= 4 is 5.96 Å². The summed E-state index contributed by atoms with van der Waals surface area (Å²) < 4.78 is 13.6. The second-order valence-electron chi connectivity index (χ2n) is 5.32. The first-order chi connectivity index (χ1) is 9.42. The summed E-state index contributed by atoms with van der Waals surface area (Å²) in [6, 6.07) is 5.38. The summed E-state index contributed by atoms with van der Waals surface area (Å²) in [5.74, 6) is 0.245. The van der Waals surface area contributed by atoms with Crippen LogP contribution in [0.2, 0.25) is 0 Å². The molecule has 0 aliphatic carbocycles. The highest BCUT2D eigenvalue weighted by Crippen LogP contribution is 2.13. The van der Waals surface area contributed by atoms with Crippen LogP contribution in [-0.4, -0.2) is 31.0 Å². The number of nitrogens with two attached hydrogens (primary N) is 1. The molecule has 1 aromatic carbocycles. The molecular formula is C15H25FN4. The molecule has 0 aliphatic rings. The fourth-order valence-corrected chi connectivity index (χ4v) is 1.76. The first-order valence-electron chi connectivity index (χ1n) is 6.90. The summed E-state index contributed by atoms with van der Waals surface area (Å²) in [4.78, 5) is 6.21. The van der Waals surface area contributed by atoms with E-state index >= 15 is 0 Å². The number of rotatable bonds is 6. The van der Waals surface area contributed by atoms with Gasteiger partial charge in [-0.3, -0.25) is 0 Å². The van der Waals surface area contributed by atoms with Crippen LogP contribution in [0.1, 0.15) is 31.4 Å². The molecule has 4 nitrogen and oxygen atoms in total. The topological polar surface area (TPSA) is 53.6 Å². The molecular weight excluding hydrogens is 255 g/mol. The molecule has 1 unspecified atom stereocenters. The van der Waals surface area contributed by atoms with Crippen LogP contribution in [0.15, 0.2) is 23.2 Å². The zero-order chi connectivity index (χ0) is 15.1. The third kappa shape index (κ3) is 5.57. The number of nitrogens with zero attached hydrogens (tertiary/aromatic N) is 2. The number of benzene rings is 1. The molecule has 5 heteroatoms. The molecule has 0 heterocycles. The molecule has 0 aromatic heterocycles. The van der Waals surface area contributed by atoms with Crippen LogP contribution >= 0.6 is 0 Å². The van der Waals surface area contributed by atoms with Gasteiger partial charge in [0.05, 0.1) is 6.54 Å². The summed E-state index contributed by atoms with van der Waals surface area (Å²) in [5.41, 5.74) is 7.44. The highest BCUT2D eigenvalue weighted by molar-refractivity contribution is 5.78. The monoisotopic (exact) mass is 280 g/mol. The maximum absolute atomic E-state index is 13.6. The van der Waals surface area contributed by atoms with Crippen molar-refractivity contribution in [3.63, 3.8) is 0 Å². The van der Waals surface area contributed by atoms with Crippen LogP contribution in [-0.2, 0) is 13.1 Å². The lowest BCUT2D eigenvalue weighted by molar-refractivity contribution is 0.392. The number of hydrogen-bond acceptors (Lipinski definition) is 2. The second-order valence-corrected chi connectivity index (χ2v) is 5.32. The Morgan fingerprint density at radius 1 is 1.45 bits per heavy atom. The van der Waals surface area contributed by atoms with Crippen LogP contribution in [0.3, 0.4) is 0 Å². The molecule has 20 heavy (non-hydrogen) atoms. The molecule has 0 saturated carbocycles. The predicted octanol–water partition coefficient (Wildman–Crippen LogP) is 2.09. The van der Waals surface area contributed by atoms with Crippen molar-refractivity contribution in [2.24, 2.45) is 10.7 Å². The van der Waals surface area contributed by atoms with Crippen LogP contribution in [0.4, 0.5) is 4.39 Å². The van der Waals surface area contributed by atoms with E-state index in [0.717, 1.165) is 12.0 Å². The average Bonchev–Trinajstić information content (AvgIpc) is 2.39. The van der Waals surface area contributed by atoms with E-state index in [0.29, 0.717) is 30.7 Å². The maximum atomic E-state index is 13.6. The van der Waals surface area contributed by atoms with E-state index in [9.17, 15) is 4.39 Å². The van der Waals surface area contributed by atoms with Crippen molar-refractivity contribution in [1.82, 2.24) is 10.2 Å². The van der Waals surface area contributed by atoms with Gasteiger partial charge in [0.2, 0.25) is 0 Å². The lowest BCUT2D eigenvalue weighted by atomic mass is 10.1. The normalized spacial score (nSPS) is 13.6. The first-order valence-corrected chi connectivity index (χ1v) is 6.90. The number of nitrogens with one attached hydrogen (secondary N) is 1. The number of guanidine groups is 1. The fourth-order valence-electron chi connectivity index (χ4n) is 1.76. The van der Waals surface area contributed by atoms with E-state index in [1.807, 2.05) is 25.1 Å². The van der Waals surface area contributed by atoms with Gasteiger partial charge in [0.25, 0.3) is 0 Å². The van der Waals surface area contributed by atoms with E-state index in [-0.39, 0.29) is 5.82 Å². The summed E-state index contributed by atoms with van der Waals surface area (Å²) in [6.07, 6.45) is 0.986. The summed E-state index contributed by atoms with van der Waals surface area (Å²) in [7, 11) is 3.83. The molecule has 0 saturated heterocycles. The minimum atomic E-state index is -0.183. The van der Waals surface area contributed by atoms with Crippen molar-refractivity contribution < 1.29 is 4.39 Å². The molecule has 0 spiro atoms. The van der Waals surface area contributed by atoms with Gasteiger partial charge < -0.3 is 16.0 Å². The van der Waals surface area contributed by atoms with Gasteiger partial charge in [0.1, 0.15) is 5.82 Å². The number of halogens is 1. The molecule has 0 aliphatic heterocycles. The SMILES string of the molecule is CCC(C)NC(N)=NCc1ccc(F)c(CN(C)C)c1. The quantitative estimate of drug-likeness (QED) is 0.620. The second kappa shape index (κ2) is 7.85. The van der Waals surface area contributed by atoms with Gasteiger partial charge in [-0.2, -0.15) is 0 Å². The highest BCUT2D eigenvalue weighted by atomic mass is 19.1. The molecule has 1 atom stereocenters. The van der Waals surface area contributed by atoms with Gasteiger partial charge in [-0.15, -0.1) is 0 Å². The molecule has 1 aromatic rings. The standard InChI is InChI=1S/C15H25FN4/c1-5-11(2)19-15(17)18-9-12-6-7-14(16)13(8-12)10-20(3)4/h6-8,11H,5,9-10H2,1-4H3,(H3,17,18,19). The maximum Gasteiger partial charge on any atom is 0.189 e. The Hall–Kier alpha value is -1.62. The molecule has 0 radical (unpaired) electrons. The third-order valence-corrected chi connectivity index (χ3v) is 3.04. The Morgan fingerprint density at radius 3 is 2.75 bits per heavy atom. The minimum Gasteiger partial charge on any atom is -0.370 e. The van der Waals surface area contributed by atoms with Gasteiger partial charge in [0, 0.05) is 18.2 Å². The Bertz CT molecular complexity index is 457. The largest absolute Gasteiger partial charge is 0.370 e. The molecule has 3 N–H and O–H groups in total. The van der Waals surface area contributed by atoms with Crippen molar-refractivity contribution in [2.45, 2.75) is 39.4 Å². The Balaban J connectivity index is 2.70. The van der Waals surface area contributed by atoms with E-state index in [1.54, 1.807) is 6.07 Å². The molecule has 0 fully saturated rings. The fraction of sp³-hybridized carbons (Fsp3) is 0.533. The van der Waals surface area contributed by atoms with E-state index in [4.69, 9.17) is 5.73 Å². The summed E-state index contributed by atoms with van der Waals surface area (Å²) >= 11 is 0. The molecule has 0 amide bonds. The van der Waals surface area contributed by atoms with Crippen LogP contribution in [0.5, 0.6) is 0 Å². The van der Waals surface area contributed by atoms with Gasteiger partial charge in [-0.25, -0.2) is 9.38 Å². The van der Waals surface area contributed by atoms with Crippen molar-refractivity contribution in [3.05, 3.63) is 35.1 Å². The minimum absolute atomic E-state index is 0.183. The zero-order valence-electron chi connectivity index (χ0n) is 12.8. The third-order valence-electron chi connectivity index (χ3n) is 3.04. The Labute approximate surface area is 120 Å². The summed E-state index contributed by atoms with van der Waals surface area (Å²) in [6.45, 7) is 5.16. The highest BCUT2D eigenvalue weighted by Gasteiger charge is 2.05. The molecule has 1 rings (SSSR count). The number of aliphatic imine (C=N–C) groups is 1. The van der Waals surface area contributed by atoms with Crippen LogP contribution in [0, 0.1) is 5.82 Å². The number of hydrogen-bond donors (Lipinski definition) is 2. The van der Waals surface area contributed by atoms with Crippen LogP contribution in [0.25, 0.3) is 0 Å². The Morgan fingerprint density at radius 2 is 2.15 bits per heavy atom. The lowest BCUT2D eigenvalue weighted by Gasteiger charge is -2.13. The Kier molecular flexibility index (Phi) is 6.45. The average molecular weight is 280 g/mol. The van der Waals surface area contributed by atoms with Gasteiger partial charge in [-0.05, 0) is 45.1 Å². The van der Waals surface area contributed by atoms with E-state index in [2.05, 4.69) is 24.2 Å². The smallest absolute Gasteiger partial charge is 0.189 e. The van der Waals surface area contributed by atoms with Crippen molar-refractivity contribution in [3.8, 4) is 0 Å². The molecule has 112 valence electrons. The van der Waals surface area contributed by atoms with Gasteiger partial charge in [-0.1, -0.05) is 13.0 Å². The van der Waals surface area contributed by atoms with E-state index in [1.165, 1.54) is 6.07 Å². The lowest BCUT2D eigenvalue weighted by Crippen LogP contribution is -2.38. The van der Waals surface area contributed by atoms with Crippen LogP contribution < -0.4 is 11.1 Å². The van der Waals surface area contributed by atoms with Crippen molar-refractivity contribution in [1.29, 1.82) is 0 Å². The van der Waals surface area contributed by atoms with Crippen molar-refractivity contribution in [2.75, 3.05) is 14.1 Å².